The zero-order chi connectivity index (χ0) is 39.5. The van der Waals surface area contributed by atoms with Crippen molar-refractivity contribution in [3.8, 4) is 55.6 Å². The fourth-order valence-electron chi connectivity index (χ4n) is 9.22. The van der Waals surface area contributed by atoms with Gasteiger partial charge in [0.05, 0.1) is 0 Å². The minimum absolute atomic E-state index is 0.183. The largest absolute Gasteiger partial charge is 0.310 e. The average molecular weight is 772 g/mol. The van der Waals surface area contributed by atoms with Crippen LogP contribution >= 0.6 is 11.3 Å². The molecule has 0 spiro atoms. The van der Waals surface area contributed by atoms with Gasteiger partial charge < -0.3 is 4.90 Å². The van der Waals surface area contributed by atoms with Crippen molar-refractivity contribution in [2.24, 2.45) is 0 Å². The minimum atomic E-state index is -0.183. The van der Waals surface area contributed by atoms with E-state index in [2.05, 4.69) is 231 Å². The highest BCUT2D eigenvalue weighted by molar-refractivity contribution is 7.26. The molecule has 280 valence electrons. The lowest BCUT2D eigenvalue weighted by Gasteiger charge is -2.28. The van der Waals surface area contributed by atoms with Gasteiger partial charge >= 0.3 is 0 Å². The monoisotopic (exact) mass is 771 g/mol. The molecule has 2 heteroatoms. The van der Waals surface area contributed by atoms with Crippen molar-refractivity contribution < 1.29 is 0 Å². The Balaban J connectivity index is 0.972. The summed E-state index contributed by atoms with van der Waals surface area (Å²) in [5.41, 5.74) is 18.4. The van der Waals surface area contributed by atoms with Gasteiger partial charge in [0.1, 0.15) is 0 Å². The highest BCUT2D eigenvalue weighted by atomic mass is 32.1. The van der Waals surface area contributed by atoms with Crippen molar-refractivity contribution >= 4 is 48.6 Å². The molecule has 0 aliphatic heterocycles. The zero-order valence-corrected chi connectivity index (χ0v) is 33.9. The predicted molar refractivity (Wildman–Crippen MR) is 253 cm³/mol. The van der Waals surface area contributed by atoms with Gasteiger partial charge in [-0.25, -0.2) is 0 Å². The van der Waals surface area contributed by atoms with Crippen LogP contribution in [-0.2, 0) is 5.41 Å². The third-order valence-electron chi connectivity index (χ3n) is 12.3. The first-order chi connectivity index (χ1) is 29.0. The third kappa shape index (κ3) is 6.07. The first kappa shape index (κ1) is 35.2. The normalized spacial score (nSPS) is 12.7. The van der Waals surface area contributed by atoms with Gasteiger partial charge in [-0.15, -0.1) is 11.3 Å². The van der Waals surface area contributed by atoms with Crippen molar-refractivity contribution in [3.05, 3.63) is 223 Å². The molecule has 0 saturated heterocycles. The molecule has 0 saturated carbocycles. The lowest BCUT2D eigenvalue weighted by atomic mass is 9.81. The standard InChI is InChI=1S/C57H41NS/c1-57(2)53-36-41(48-22-14-23-52-51-21-12-13-24-55(51)59-56(48)52)27-31-49(53)50-32-30-47(37-54(50)57)58(45-19-10-5-11-20-45)46-28-25-40(26-29-46)44-34-42(38-15-6-3-7-16-38)33-43(35-44)39-17-8-4-9-18-39/h3-37H,1-2H3. The maximum absolute atomic E-state index is 2.46. The first-order valence-electron chi connectivity index (χ1n) is 20.4. The van der Waals surface area contributed by atoms with Gasteiger partial charge in [0.25, 0.3) is 0 Å². The number of hydrogen-bond acceptors (Lipinski definition) is 2. The van der Waals surface area contributed by atoms with E-state index >= 15 is 0 Å². The quantitative estimate of drug-likeness (QED) is 0.156. The molecule has 0 unspecified atom stereocenters. The second-order valence-electron chi connectivity index (χ2n) is 16.1. The average Bonchev–Trinajstić information content (AvgIpc) is 3.79. The third-order valence-corrected chi connectivity index (χ3v) is 13.5. The van der Waals surface area contributed by atoms with Crippen LogP contribution in [0, 0.1) is 0 Å². The van der Waals surface area contributed by atoms with Gasteiger partial charge in [-0.3, -0.25) is 0 Å². The van der Waals surface area contributed by atoms with Crippen LogP contribution in [0.4, 0.5) is 17.1 Å². The Morgan fingerprint density at radius 2 is 0.831 bits per heavy atom. The van der Waals surface area contributed by atoms with Gasteiger partial charge in [-0.1, -0.05) is 159 Å². The molecule has 9 aromatic carbocycles. The summed E-state index contributed by atoms with van der Waals surface area (Å²) in [5.74, 6) is 0. The van der Waals surface area contributed by atoms with E-state index in [1.165, 1.54) is 86.9 Å². The lowest BCUT2D eigenvalue weighted by Crippen LogP contribution is -2.16. The van der Waals surface area contributed by atoms with Crippen LogP contribution in [0.25, 0.3) is 75.8 Å². The Morgan fingerprint density at radius 1 is 0.339 bits per heavy atom. The van der Waals surface area contributed by atoms with Gasteiger partial charge in [-0.2, -0.15) is 0 Å². The minimum Gasteiger partial charge on any atom is -0.310 e. The van der Waals surface area contributed by atoms with Crippen LogP contribution in [0.3, 0.4) is 0 Å². The zero-order valence-electron chi connectivity index (χ0n) is 33.1. The lowest BCUT2D eigenvalue weighted by molar-refractivity contribution is 0.660. The Bertz CT molecular complexity index is 3100. The van der Waals surface area contributed by atoms with E-state index in [9.17, 15) is 0 Å². The van der Waals surface area contributed by atoms with Gasteiger partial charge in [0.2, 0.25) is 0 Å². The van der Waals surface area contributed by atoms with Crippen molar-refractivity contribution in [2.75, 3.05) is 4.90 Å². The summed E-state index contributed by atoms with van der Waals surface area (Å²) in [6, 6.07) is 77.9. The summed E-state index contributed by atoms with van der Waals surface area (Å²) < 4.78 is 2.69. The summed E-state index contributed by atoms with van der Waals surface area (Å²) in [6.07, 6.45) is 0. The number of anilines is 3. The number of thiophene rings is 1. The Kier molecular flexibility index (Phi) is 8.43. The van der Waals surface area contributed by atoms with Crippen molar-refractivity contribution in [1.29, 1.82) is 0 Å². The molecule has 0 atom stereocenters. The molecule has 1 aliphatic rings. The van der Waals surface area contributed by atoms with Crippen LogP contribution < -0.4 is 4.90 Å². The van der Waals surface area contributed by atoms with E-state index in [0.29, 0.717) is 0 Å². The number of fused-ring (bicyclic) bond motifs is 6. The summed E-state index contributed by atoms with van der Waals surface area (Å²) in [4.78, 5) is 2.40. The molecule has 1 nitrogen and oxygen atoms in total. The van der Waals surface area contributed by atoms with Crippen LogP contribution in [0.5, 0.6) is 0 Å². The van der Waals surface area contributed by atoms with Gasteiger partial charge in [0.15, 0.2) is 0 Å². The molecule has 1 heterocycles. The number of rotatable bonds is 7. The maximum Gasteiger partial charge on any atom is 0.0465 e. The number of hydrogen-bond donors (Lipinski definition) is 0. The number of para-hydroxylation sites is 1. The summed E-state index contributed by atoms with van der Waals surface area (Å²) in [6.45, 7) is 4.78. The van der Waals surface area contributed by atoms with Crippen molar-refractivity contribution in [3.63, 3.8) is 0 Å². The Hall–Kier alpha value is -7.00. The molecule has 0 radical (unpaired) electrons. The molecule has 0 fully saturated rings. The van der Waals surface area contributed by atoms with Crippen molar-refractivity contribution in [2.45, 2.75) is 19.3 Å². The fraction of sp³-hybridized carbons (Fsp3) is 0.0526. The van der Waals surface area contributed by atoms with E-state index in [1.54, 1.807) is 0 Å². The molecule has 0 amide bonds. The van der Waals surface area contributed by atoms with Crippen molar-refractivity contribution in [1.82, 2.24) is 0 Å². The summed E-state index contributed by atoms with van der Waals surface area (Å²) in [7, 11) is 0. The summed E-state index contributed by atoms with van der Waals surface area (Å²) in [5, 5.41) is 2.67. The molecule has 1 aromatic heterocycles. The Labute approximate surface area is 350 Å². The van der Waals surface area contributed by atoms with Gasteiger partial charge in [-0.05, 0) is 133 Å². The molecular formula is C57H41NS. The molecule has 59 heavy (non-hydrogen) atoms. The van der Waals surface area contributed by atoms with Crippen LogP contribution in [0.2, 0.25) is 0 Å². The SMILES string of the molecule is CC1(C)c2cc(-c3cccc4c3sc3ccccc34)ccc2-c2ccc(N(c3ccccc3)c3ccc(-c4cc(-c5ccccc5)cc(-c5ccccc5)c4)cc3)cc21. The molecule has 11 rings (SSSR count). The molecule has 0 bridgehead atoms. The first-order valence-corrected chi connectivity index (χ1v) is 21.2. The molecular weight excluding hydrogens is 731 g/mol. The van der Waals surface area contributed by atoms with Crippen LogP contribution in [-0.4, -0.2) is 0 Å². The topological polar surface area (TPSA) is 3.24 Å². The van der Waals surface area contributed by atoms with E-state index < -0.39 is 0 Å². The van der Waals surface area contributed by atoms with E-state index in [0.717, 1.165) is 17.1 Å². The second-order valence-corrected chi connectivity index (χ2v) is 17.2. The van der Waals surface area contributed by atoms with E-state index in [-0.39, 0.29) is 5.41 Å². The number of nitrogens with zero attached hydrogens (tertiary/aromatic N) is 1. The number of benzene rings is 9. The van der Waals surface area contributed by atoms with Crippen LogP contribution in [0.1, 0.15) is 25.0 Å². The second kappa shape index (κ2) is 14.1. The fourth-order valence-corrected chi connectivity index (χ4v) is 10.5. The smallest absolute Gasteiger partial charge is 0.0465 e. The maximum atomic E-state index is 2.46. The highest BCUT2D eigenvalue weighted by Crippen LogP contribution is 2.52. The molecule has 1 aliphatic carbocycles. The van der Waals surface area contributed by atoms with E-state index in [1.807, 2.05) is 11.3 Å². The van der Waals surface area contributed by atoms with Gasteiger partial charge in [0, 0.05) is 42.6 Å². The van der Waals surface area contributed by atoms with Crippen LogP contribution in [0.15, 0.2) is 212 Å². The summed E-state index contributed by atoms with van der Waals surface area (Å²) >= 11 is 1.90. The molecule has 10 aromatic rings. The predicted octanol–water partition coefficient (Wildman–Crippen LogP) is 16.5. The highest BCUT2D eigenvalue weighted by Gasteiger charge is 2.36. The molecule has 0 N–H and O–H groups in total. The van der Waals surface area contributed by atoms with E-state index in [4.69, 9.17) is 0 Å². The Morgan fingerprint density at radius 3 is 1.49 bits per heavy atom.